The van der Waals surface area contributed by atoms with Gasteiger partial charge < -0.3 is 10.1 Å². The summed E-state index contributed by atoms with van der Waals surface area (Å²) in [5.74, 6) is -0.795. The lowest BCUT2D eigenvalue weighted by Gasteiger charge is -2.36. The van der Waals surface area contributed by atoms with Crippen molar-refractivity contribution in [2.75, 3.05) is 11.9 Å². The lowest BCUT2D eigenvalue weighted by Crippen LogP contribution is -2.40. The van der Waals surface area contributed by atoms with Crippen LogP contribution in [-0.2, 0) is 4.74 Å². The molecule has 0 bridgehead atoms. The van der Waals surface area contributed by atoms with Crippen LogP contribution in [0.2, 0.25) is 5.02 Å². The Labute approximate surface area is 121 Å². The van der Waals surface area contributed by atoms with Gasteiger partial charge in [-0.1, -0.05) is 11.6 Å². The molecule has 0 spiro atoms. The van der Waals surface area contributed by atoms with Crippen LogP contribution in [0.25, 0.3) is 0 Å². The smallest absolute Gasteiger partial charge is 0.295 e. The molecule has 110 valence electrons. The van der Waals surface area contributed by atoms with E-state index >= 15 is 0 Å². The SMILES string of the molecule is CC1(C)CC(Nc2cc(Cl)c(F)cc2[N+](=O)[O-])CCO1. The average Bonchev–Trinajstić information content (AvgIpc) is 2.32. The Kier molecular flexibility index (Phi) is 4.15. The number of halogens is 2. The van der Waals surface area contributed by atoms with Gasteiger partial charge in [0.05, 0.1) is 21.6 Å². The van der Waals surface area contributed by atoms with Gasteiger partial charge in [-0.15, -0.1) is 0 Å². The minimum atomic E-state index is -0.795. The number of hydrogen-bond donors (Lipinski definition) is 1. The fourth-order valence-corrected chi connectivity index (χ4v) is 2.54. The van der Waals surface area contributed by atoms with Gasteiger partial charge in [0.1, 0.15) is 11.5 Å². The number of ether oxygens (including phenoxy) is 1. The Morgan fingerprint density at radius 2 is 2.25 bits per heavy atom. The molecule has 1 aliphatic rings. The summed E-state index contributed by atoms with van der Waals surface area (Å²) < 4.78 is 18.9. The molecule has 5 nitrogen and oxygen atoms in total. The third-order valence-electron chi connectivity index (χ3n) is 3.29. The van der Waals surface area contributed by atoms with E-state index in [0.717, 1.165) is 12.5 Å². The van der Waals surface area contributed by atoms with Crippen LogP contribution in [0, 0.1) is 15.9 Å². The van der Waals surface area contributed by atoms with Crippen LogP contribution in [-0.4, -0.2) is 23.2 Å². The summed E-state index contributed by atoms with van der Waals surface area (Å²) in [6, 6.07) is 2.13. The number of hydrogen-bond acceptors (Lipinski definition) is 4. The van der Waals surface area contributed by atoms with E-state index in [0.29, 0.717) is 13.0 Å². The maximum atomic E-state index is 13.3. The second-order valence-corrected chi connectivity index (χ2v) is 5.89. The van der Waals surface area contributed by atoms with Gasteiger partial charge in [-0.2, -0.15) is 0 Å². The van der Waals surface area contributed by atoms with E-state index in [-0.39, 0.29) is 28.0 Å². The monoisotopic (exact) mass is 302 g/mol. The van der Waals surface area contributed by atoms with Crippen molar-refractivity contribution in [1.29, 1.82) is 0 Å². The molecule has 1 atom stereocenters. The van der Waals surface area contributed by atoms with Gasteiger partial charge in [0.15, 0.2) is 0 Å². The standard InChI is InChI=1S/C13H16ClFN2O3/c1-13(2)7-8(3-4-20-13)16-11-5-9(14)10(15)6-12(11)17(18)19/h5-6,8,16H,3-4,7H2,1-2H3. The first-order valence-electron chi connectivity index (χ1n) is 6.32. The molecule has 1 fully saturated rings. The fourth-order valence-electron chi connectivity index (χ4n) is 2.38. The molecule has 2 rings (SSSR count). The summed E-state index contributed by atoms with van der Waals surface area (Å²) in [4.78, 5) is 10.4. The highest BCUT2D eigenvalue weighted by Crippen LogP contribution is 2.33. The van der Waals surface area contributed by atoms with Crippen LogP contribution < -0.4 is 5.32 Å². The number of benzene rings is 1. The minimum absolute atomic E-state index is 0.0268. The van der Waals surface area contributed by atoms with Gasteiger partial charge in [-0.3, -0.25) is 10.1 Å². The second kappa shape index (κ2) is 5.54. The zero-order chi connectivity index (χ0) is 14.9. The maximum absolute atomic E-state index is 13.3. The Balaban J connectivity index is 2.24. The summed E-state index contributed by atoms with van der Waals surface area (Å²) in [7, 11) is 0. The van der Waals surface area contributed by atoms with Gasteiger partial charge in [0.2, 0.25) is 0 Å². The van der Waals surface area contributed by atoms with Crippen molar-refractivity contribution in [2.24, 2.45) is 0 Å². The average molecular weight is 303 g/mol. The Hall–Kier alpha value is -1.40. The predicted octanol–water partition coefficient (Wildman–Crippen LogP) is 3.76. The molecule has 1 aromatic carbocycles. The molecule has 1 N–H and O–H groups in total. The van der Waals surface area contributed by atoms with Crippen molar-refractivity contribution in [3.05, 3.63) is 33.1 Å². The number of rotatable bonds is 3. The molecule has 1 aliphatic heterocycles. The normalized spacial score (nSPS) is 21.5. The Morgan fingerprint density at radius 3 is 2.85 bits per heavy atom. The van der Waals surface area contributed by atoms with Crippen molar-refractivity contribution >= 4 is 23.0 Å². The number of anilines is 1. The van der Waals surface area contributed by atoms with E-state index in [1.807, 2.05) is 13.8 Å². The van der Waals surface area contributed by atoms with Crippen LogP contribution in [0.3, 0.4) is 0 Å². The van der Waals surface area contributed by atoms with E-state index in [2.05, 4.69) is 5.32 Å². The lowest BCUT2D eigenvalue weighted by atomic mass is 9.93. The third kappa shape index (κ3) is 3.37. The molecule has 20 heavy (non-hydrogen) atoms. The van der Waals surface area contributed by atoms with Crippen LogP contribution in [0.1, 0.15) is 26.7 Å². The summed E-state index contributed by atoms with van der Waals surface area (Å²) >= 11 is 5.70. The molecule has 0 saturated carbocycles. The number of nitrogens with one attached hydrogen (secondary N) is 1. The van der Waals surface area contributed by atoms with Crippen molar-refractivity contribution in [3.63, 3.8) is 0 Å². The van der Waals surface area contributed by atoms with Crippen LogP contribution in [0.5, 0.6) is 0 Å². The Bertz CT molecular complexity index is 537. The fraction of sp³-hybridized carbons (Fsp3) is 0.538. The number of nitro groups is 1. The van der Waals surface area contributed by atoms with E-state index in [1.165, 1.54) is 6.07 Å². The maximum Gasteiger partial charge on any atom is 0.295 e. The zero-order valence-corrected chi connectivity index (χ0v) is 12.0. The van der Waals surface area contributed by atoms with E-state index in [9.17, 15) is 14.5 Å². The second-order valence-electron chi connectivity index (χ2n) is 5.48. The van der Waals surface area contributed by atoms with Gasteiger partial charge >= 0.3 is 0 Å². The highest BCUT2D eigenvalue weighted by atomic mass is 35.5. The summed E-state index contributed by atoms with van der Waals surface area (Å²) in [6.07, 6.45) is 1.44. The highest BCUT2D eigenvalue weighted by molar-refractivity contribution is 6.31. The van der Waals surface area contributed by atoms with Crippen molar-refractivity contribution in [3.8, 4) is 0 Å². The van der Waals surface area contributed by atoms with Crippen molar-refractivity contribution in [1.82, 2.24) is 0 Å². The van der Waals surface area contributed by atoms with Gasteiger partial charge in [-0.05, 0) is 32.8 Å². The molecule has 1 heterocycles. The topological polar surface area (TPSA) is 64.4 Å². The van der Waals surface area contributed by atoms with Crippen molar-refractivity contribution in [2.45, 2.75) is 38.3 Å². The number of nitrogens with zero attached hydrogens (tertiary/aromatic N) is 1. The van der Waals surface area contributed by atoms with E-state index < -0.39 is 10.7 Å². The highest BCUT2D eigenvalue weighted by Gasteiger charge is 2.30. The van der Waals surface area contributed by atoms with Crippen LogP contribution >= 0.6 is 11.6 Å². The first kappa shape index (κ1) is 15.0. The van der Waals surface area contributed by atoms with Gasteiger partial charge in [-0.25, -0.2) is 4.39 Å². The molecule has 0 aromatic heterocycles. The van der Waals surface area contributed by atoms with Crippen molar-refractivity contribution < 1.29 is 14.1 Å². The lowest BCUT2D eigenvalue weighted by molar-refractivity contribution is -0.384. The zero-order valence-electron chi connectivity index (χ0n) is 11.3. The molecule has 7 heteroatoms. The van der Waals surface area contributed by atoms with Crippen LogP contribution in [0.15, 0.2) is 12.1 Å². The van der Waals surface area contributed by atoms with Crippen LogP contribution in [0.4, 0.5) is 15.8 Å². The molecule has 1 unspecified atom stereocenters. The minimum Gasteiger partial charge on any atom is -0.377 e. The third-order valence-corrected chi connectivity index (χ3v) is 3.58. The molecular weight excluding hydrogens is 287 g/mol. The van der Waals surface area contributed by atoms with E-state index in [4.69, 9.17) is 16.3 Å². The molecule has 1 aromatic rings. The first-order valence-corrected chi connectivity index (χ1v) is 6.70. The summed E-state index contributed by atoms with van der Waals surface area (Å²) in [6.45, 7) is 4.51. The van der Waals surface area contributed by atoms with E-state index in [1.54, 1.807) is 0 Å². The van der Waals surface area contributed by atoms with Gasteiger partial charge in [0.25, 0.3) is 5.69 Å². The summed E-state index contributed by atoms with van der Waals surface area (Å²) in [5, 5.41) is 13.9. The molecule has 0 radical (unpaired) electrons. The molecular formula is C13H16ClFN2O3. The number of nitro benzene ring substituents is 1. The Morgan fingerprint density at radius 1 is 1.55 bits per heavy atom. The predicted molar refractivity (Wildman–Crippen MR) is 74.7 cm³/mol. The largest absolute Gasteiger partial charge is 0.377 e. The molecule has 0 aliphatic carbocycles. The first-order chi connectivity index (χ1) is 9.28. The molecule has 0 amide bonds. The van der Waals surface area contributed by atoms with Gasteiger partial charge in [0, 0.05) is 12.6 Å². The summed E-state index contributed by atoms with van der Waals surface area (Å²) in [5.41, 5.74) is -0.352. The quantitative estimate of drug-likeness (QED) is 0.682. The molecule has 1 saturated heterocycles.